The normalized spacial score (nSPS) is 0. The molecule has 0 aromatic rings. The molecule has 4 heavy (non-hydrogen) atoms. The molecule has 0 unspecified atom stereocenters. The van der Waals surface area contributed by atoms with Gasteiger partial charge in [-0.3, -0.25) is 0 Å². The molecule has 0 aliphatic heterocycles. The predicted molar refractivity (Wildman–Crippen MR) is 13.1 cm³/mol. The maximum Gasteiger partial charge on any atom is 2.00 e. The van der Waals surface area contributed by atoms with E-state index in [1.807, 2.05) is 0 Å². The number of hydrogen-bond donors (Lipinski definition) is 0. The summed E-state index contributed by atoms with van der Waals surface area (Å²) in [6.45, 7) is 0. The van der Waals surface area contributed by atoms with Crippen LogP contribution in [-0.4, -0.2) is 37.7 Å². The first-order valence-corrected chi connectivity index (χ1v) is 0. The van der Waals surface area contributed by atoms with Crippen LogP contribution in [0.3, 0.4) is 0 Å². The van der Waals surface area contributed by atoms with Crippen LogP contribution >= 0.6 is 0 Å². The van der Waals surface area contributed by atoms with Crippen molar-refractivity contribution in [1.29, 1.82) is 0 Å². The number of halogens is 1. The molecular formula is CaCdFS+. The first kappa shape index (κ1) is 31.8. The molecule has 0 heterocycles. The summed E-state index contributed by atoms with van der Waals surface area (Å²) >= 11 is 0. The van der Waals surface area contributed by atoms with Gasteiger partial charge in [0.2, 0.25) is 0 Å². The zero-order chi connectivity index (χ0) is 0. The molecule has 0 saturated carbocycles. The fourth-order valence-electron chi connectivity index (χ4n) is 0. The van der Waals surface area contributed by atoms with Gasteiger partial charge in [0.25, 0.3) is 0 Å². The van der Waals surface area contributed by atoms with Crippen LogP contribution < -0.4 is 4.70 Å². The predicted octanol–water partition coefficient (Wildman–Crippen LogP) is -3.38. The SMILES string of the molecule is [Ca+2].[Cd+2].[F-].[S-2]. The summed E-state index contributed by atoms with van der Waals surface area (Å²) in [4.78, 5) is 0. The number of rotatable bonds is 0. The van der Waals surface area contributed by atoms with Gasteiger partial charge in [-0.05, 0) is 0 Å². The second-order valence-corrected chi connectivity index (χ2v) is 0. The van der Waals surface area contributed by atoms with Gasteiger partial charge in [-0.15, -0.1) is 0 Å². The third kappa shape index (κ3) is 8.82. The zero-order valence-electron chi connectivity index (χ0n) is 2.20. The van der Waals surface area contributed by atoms with Crippen LogP contribution in [0.4, 0.5) is 0 Å². The van der Waals surface area contributed by atoms with Crippen LogP contribution in [0.25, 0.3) is 0 Å². The maximum atomic E-state index is 0. The Kier molecular flexibility index (Phi) is 143. The fourth-order valence-corrected chi connectivity index (χ4v) is 0. The van der Waals surface area contributed by atoms with Crippen molar-refractivity contribution in [3.63, 3.8) is 0 Å². The summed E-state index contributed by atoms with van der Waals surface area (Å²) in [5.41, 5.74) is 0. The van der Waals surface area contributed by atoms with Gasteiger partial charge < -0.3 is 18.2 Å². The Balaban J connectivity index is 0. The average Bonchev–Trinajstić information content (AvgIpc) is 0. The van der Waals surface area contributed by atoms with Gasteiger partial charge >= 0.3 is 65.0 Å². The molecule has 0 aliphatic carbocycles. The van der Waals surface area contributed by atoms with Crippen LogP contribution in [0, 0.1) is 0 Å². The zero-order valence-corrected chi connectivity index (χ0v) is 9.26. The molecule has 0 N–H and O–H groups in total. The topological polar surface area (TPSA) is 0 Å². The van der Waals surface area contributed by atoms with Gasteiger partial charge in [-0.2, -0.15) is 0 Å². The molecular weight excluding hydrogens is 204 g/mol. The molecule has 0 amide bonds. The Morgan fingerprint density at radius 3 is 1.00 bits per heavy atom. The monoisotopic (exact) mass is 205 g/mol. The fraction of sp³-hybridized carbons (Fsp3) is 0. The van der Waals surface area contributed by atoms with Gasteiger partial charge in [0.1, 0.15) is 0 Å². The minimum absolute atomic E-state index is 0. The van der Waals surface area contributed by atoms with Gasteiger partial charge in [0, 0.05) is 0 Å². The van der Waals surface area contributed by atoms with E-state index >= 15 is 0 Å². The van der Waals surface area contributed by atoms with Crippen LogP contribution in [0.5, 0.6) is 0 Å². The Morgan fingerprint density at radius 2 is 1.00 bits per heavy atom. The van der Waals surface area contributed by atoms with Crippen molar-refractivity contribution in [1.82, 2.24) is 0 Å². The van der Waals surface area contributed by atoms with Crippen molar-refractivity contribution in [3.8, 4) is 0 Å². The van der Waals surface area contributed by atoms with E-state index in [-0.39, 0.29) is 83.2 Å². The molecule has 0 aromatic heterocycles. The Morgan fingerprint density at radius 1 is 1.00 bits per heavy atom. The molecule has 0 aromatic carbocycles. The van der Waals surface area contributed by atoms with Crippen LogP contribution in [0.2, 0.25) is 0 Å². The van der Waals surface area contributed by atoms with Gasteiger partial charge in [0.05, 0.1) is 0 Å². The Bertz CT molecular complexity index is 8.00. The molecule has 4 heteroatoms. The van der Waals surface area contributed by atoms with Gasteiger partial charge in [0.15, 0.2) is 0 Å². The van der Waals surface area contributed by atoms with E-state index < -0.39 is 0 Å². The molecule has 0 rings (SSSR count). The first-order chi connectivity index (χ1) is 0. The largest absolute Gasteiger partial charge is 2.00 e. The first-order valence-electron chi connectivity index (χ1n) is 0. The standard InChI is InChI=1S/Ca.Cd.FH.S/h;;1H;/q2*+2;;-2/p-1. The summed E-state index contributed by atoms with van der Waals surface area (Å²) in [5, 5.41) is 0. The maximum absolute atomic E-state index is 0. The summed E-state index contributed by atoms with van der Waals surface area (Å²) in [6.07, 6.45) is 0. The van der Waals surface area contributed by atoms with Crippen molar-refractivity contribution in [2.45, 2.75) is 0 Å². The molecule has 0 radical (unpaired) electrons. The second-order valence-electron chi connectivity index (χ2n) is 0. The van der Waals surface area contributed by atoms with Crippen molar-refractivity contribution in [2.75, 3.05) is 0 Å². The minimum atomic E-state index is 0. The second kappa shape index (κ2) is 17.9. The minimum Gasteiger partial charge on any atom is -2.00 e. The summed E-state index contributed by atoms with van der Waals surface area (Å²) < 4.78 is 0. The molecule has 0 nitrogen and oxygen atoms in total. The quantitative estimate of drug-likeness (QED) is 0.361. The van der Waals surface area contributed by atoms with Crippen molar-refractivity contribution in [2.24, 2.45) is 0 Å². The van der Waals surface area contributed by atoms with E-state index in [0.717, 1.165) is 0 Å². The van der Waals surface area contributed by atoms with E-state index in [1.54, 1.807) is 0 Å². The molecule has 16 valence electrons. The van der Waals surface area contributed by atoms with Crippen molar-refractivity contribution >= 4 is 51.2 Å². The molecule has 0 spiro atoms. The molecule has 0 saturated heterocycles. The molecule has 0 bridgehead atoms. The van der Waals surface area contributed by atoms with Gasteiger partial charge in [-0.25, -0.2) is 0 Å². The Hall–Kier alpha value is 2.46. The van der Waals surface area contributed by atoms with Crippen LogP contribution in [-0.2, 0) is 40.8 Å². The molecule has 0 atom stereocenters. The van der Waals surface area contributed by atoms with Crippen LogP contribution in [0.15, 0.2) is 0 Å². The van der Waals surface area contributed by atoms with Crippen LogP contribution in [0.1, 0.15) is 0 Å². The molecule has 0 aliphatic rings. The van der Waals surface area contributed by atoms with E-state index in [0.29, 0.717) is 0 Å². The third-order valence-electron chi connectivity index (χ3n) is 0. The number of hydrogen-bond acceptors (Lipinski definition) is 0. The van der Waals surface area contributed by atoms with Gasteiger partial charge in [-0.1, -0.05) is 0 Å². The van der Waals surface area contributed by atoms with Crippen molar-refractivity contribution < 1.29 is 32.0 Å². The Labute approximate surface area is 81.7 Å². The molecule has 0 fully saturated rings. The van der Waals surface area contributed by atoms with Crippen molar-refractivity contribution in [3.05, 3.63) is 0 Å². The summed E-state index contributed by atoms with van der Waals surface area (Å²) in [6, 6.07) is 0. The van der Waals surface area contributed by atoms with E-state index in [2.05, 4.69) is 0 Å². The van der Waals surface area contributed by atoms with E-state index in [4.69, 9.17) is 0 Å². The summed E-state index contributed by atoms with van der Waals surface area (Å²) in [7, 11) is 0. The average molecular weight is 204 g/mol. The smallest absolute Gasteiger partial charge is 2.00 e. The summed E-state index contributed by atoms with van der Waals surface area (Å²) in [5.74, 6) is 0. The van der Waals surface area contributed by atoms with E-state index in [1.165, 1.54) is 0 Å². The third-order valence-corrected chi connectivity index (χ3v) is 0. The van der Waals surface area contributed by atoms with E-state index in [9.17, 15) is 0 Å².